The van der Waals surface area contributed by atoms with E-state index in [1.807, 2.05) is 36.0 Å². The van der Waals surface area contributed by atoms with Crippen LogP contribution >= 0.6 is 0 Å². The smallest absolute Gasteiger partial charge is 0.274 e. The highest BCUT2D eigenvalue weighted by molar-refractivity contribution is 5.94. The number of amides is 1. The van der Waals surface area contributed by atoms with E-state index in [-0.39, 0.29) is 5.91 Å². The van der Waals surface area contributed by atoms with Crippen LogP contribution in [0.4, 0.5) is 0 Å². The van der Waals surface area contributed by atoms with Gasteiger partial charge < -0.3 is 9.32 Å². The molecule has 0 saturated heterocycles. The third kappa shape index (κ3) is 4.06. The molecule has 0 bridgehead atoms. The fourth-order valence-corrected chi connectivity index (χ4v) is 3.85. The predicted octanol–water partition coefficient (Wildman–Crippen LogP) is 2.82. The second kappa shape index (κ2) is 8.39. The number of furan rings is 1. The van der Waals surface area contributed by atoms with Gasteiger partial charge in [-0.25, -0.2) is 0 Å². The molecule has 0 N–H and O–H groups in total. The molecule has 144 valence electrons. The van der Waals surface area contributed by atoms with Gasteiger partial charge in [0.1, 0.15) is 5.76 Å². The summed E-state index contributed by atoms with van der Waals surface area (Å²) in [5.41, 5.74) is 2.80. The molecule has 6 heteroatoms. The number of aryl methyl sites for hydroxylation is 1. The van der Waals surface area contributed by atoms with Crippen molar-refractivity contribution in [1.29, 1.82) is 0 Å². The Morgan fingerprint density at radius 1 is 1.41 bits per heavy atom. The van der Waals surface area contributed by atoms with Crippen molar-refractivity contribution in [3.8, 4) is 0 Å². The molecular formula is C21H28N4O2. The van der Waals surface area contributed by atoms with E-state index >= 15 is 0 Å². The lowest BCUT2D eigenvalue weighted by Crippen LogP contribution is -2.40. The zero-order valence-corrected chi connectivity index (χ0v) is 16.2. The second-order valence-corrected chi connectivity index (χ2v) is 7.07. The molecule has 0 spiro atoms. The van der Waals surface area contributed by atoms with Gasteiger partial charge in [0, 0.05) is 44.5 Å². The molecule has 3 rings (SSSR count). The molecule has 2 aromatic rings. The van der Waals surface area contributed by atoms with Crippen LogP contribution in [-0.2, 0) is 26.4 Å². The van der Waals surface area contributed by atoms with Crippen LogP contribution in [0.2, 0.25) is 0 Å². The summed E-state index contributed by atoms with van der Waals surface area (Å²) < 4.78 is 7.23. The van der Waals surface area contributed by atoms with E-state index in [4.69, 9.17) is 4.42 Å². The summed E-state index contributed by atoms with van der Waals surface area (Å²) >= 11 is 0. The minimum absolute atomic E-state index is 0.0668. The molecule has 2 heterocycles. The lowest BCUT2D eigenvalue weighted by molar-refractivity contribution is 0.0767. The topological polar surface area (TPSA) is 54.5 Å². The first kappa shape index (κ1) is 19.2. The molecule has 0 radical (unpaired) electrons. The van der Waals surface area contributed by atoms with E-state index < -0.39 is 0 Å². The van der Waals surface area contributed by atoms with Gasteiger partial charge in [-0.05, 0) is 31.4 Å². The molecule has 1 aliphatic carbocycles. The number of carbonyl (C=O) groups is 1. The molecule has 0 fully saturated rings. The van der Waals surface area contributed by atoms with Crippen molar-refractivity contribution < 1.29 is 9.21 Å². The van der Waals surface area contributed by atoms with Crippen molar-refractivity contribution in [2.45, 2.75) is 31.8 Å². The van der Waals surface area contributed by atoms with Gasteiger partial charge in [0.05, 0.1) is 12.8 Å². The van der Waals surface area contributed by atoms with E-state index in [1.54, 1.807) is 18.2 Å². The third-order valence-electron chi connectivity index (χ3n) is 5.19. The van der Waals surface area contributed by atoms with Crippen LogP contribution in [0.3, 0.4) is 0 Å². The highest BCUT2D eigenvalue weighted by Gasteiger charge is 2.31. The van der Waals surface area contributed by atoms with Gasteiger partial charge in [0.25, 0.3) is 5.91 Å². The molecule has 0 saturated carbocycles. The molecule has 1 aliphatic rings. The normalized spacial score (nSPS) is 16.2. The highest BCUT2D eigenvalue weighted by atomic mass is 16.3. The number of hydrogen-bond donors (Lipinski definition) is 0. The molecule has 1 amide bonds. The van der Waals surface area contributed by atoms with Crippen LogP contribution < -0.4 is 0 Å². The molecule has 2 aromatic heterocycles. The van der Waals surface area contributed by atoms with Gasteiger partial charge >= 0.3 is 0 Å². The van der Waals surface area contributed by atoms with Crippen LogP contribution in [0, 0.1) is 0 Å². The van der Waals surface area contributed by atoms with E-state index in [0.29, 0.717) is 18.3 Å². The molecule has 1 atom stereocenters. The van der Waals surface area contributed by atoms with Crippen molar-refractivity contribution in [3.05, 3.63) is 66.4 Å². The summed E-state index contributed by atoms with van der Waals surface area (Å²) in [6.45, 7) is 9.79. The maximum Gasteiger partial charge on any atom is 0.274 e. The van der Waals surface area contributed by atoms with Crippen LogP contribution in [0.1, 0.15) is 33.9 Å². The number of nitrogens with zero attached hydrogens (tertiary/aromatic N) is 4. The van der Waals surface area contributed by atoms with E-state index in [1.165, 1.54) is 0 Å². The Morgan fingerprint density at radius 2 is 2.15 bits per heavy atom. The van der Waals surface area contributed by atoms with Crippen LogP contribution in [0.15, 0.2) is 48.1 Å². The molecular weight excluding hydrogens is 340 g/mol. The third-order valence-corrected chi connectivity index (χ3v) is 5.19. The van der Waals surface area contributed by atoms with Gasteiger partial charge in [-0.1, -0.05) is 12.2 Å². The first-order chi connectivity index (χ1) is 13.0. The number of aromatic nitrogens is 2. The Hall–Kier alpha value is -2.60. The van der Waals surface area contributed by atoms with Crippen molar-refractivity contribution in [2.75, 3.05) is 20.1 Å². The minimum atomic E-state index is -0.0668. The summed E-state index contributed by atoms with van der Waals surface area (Å²) in [5, 5.41) is 4.56. The molecule has 0 aromatic carbocycles. The van der Waals surface area contributed by atoms with E-state index in [2.05, 4.69) is 23.2 Å². The lowest BCUT2D eigenvalue weighted by atomic mass is 9.90. The average Bonchev–Trinajstić information content (AvgIpc) is 3.28. The predicted molar refractivity (Wildman–Crippen MR) is 105 cm³/mol. The minimum Gasteiger partial charge on any atom is -0.467 e. The average molecular weight is 368 g/mol. The molecule has 1 unspecified atom stereocenters. The number of fused-ring (bicyclic) bond motifs is 1. The van der Waals surface area contributed by atoms with Crippen molar-refractivity contribution in [2.24, 2.45) is 7.05 Å². The lowest BCUT2D eigenvalue weighted by Gasteiger charge is -2.33. The van der Waals surface area contributed by atoms with E-state index in [0.717, 1.165) is 49.4 Å². The molecule has 27 heavy (non-hydrogen) atoms. The summed E-state index contributed by atoms with van der Waals surface area (Å²) in [4.78, 5) is 17.1. The first-order valence-corrected chi connectivity index (χ1v) is 9.33. The largest absolute Gasteiger partial charge is 0.467 e. The maximum atomic E-state index is 13.0. The summed E-state index contributed by atoms with van der Waals surface area (Å²) in [5.74, 6) is 0.694. The quantitative estimate of drug-likeness (QED) is 0.673. The number of rotatable bonds is 8. The highest BCUT2D eigenvalue weighted by Crippen LogP contribution is 2.28. The zero-order valence-electron chi connectivity index (χ0n) is 16.2. The summed E-state index contributed by atoms with van der Waals surface area (Å²) in [6.07, 6.45) is 8.25. The number of carbonyl (C=O) groups excluding carboxylic acids is 1. The monoisotopic (exact) mass is 368 g/mol. The first-order valence-electron chi connectivity index (χ1n) is 9.33. The SMILES string of the molecule is C=CCN(CC=C)C1CCc2c(c(C(=O)N(C)Cc3ccco3)nn2C)C1. The fourth-order valence-electron chi connectivity index (χ4n) is 3.85. The van der Waals surface area contributed by atoms with Crippen LogP contribution in [0.5, 0.6) is 0 Å². The fraction of sp³-hybridized carbons (Fsp3) is 0.429. The maximum absolute atomic E-state index is 13.0. The number of hydrogen-bond acceptors (Lipinski definition) is 4. The molecule has 6 nitrogen and oxygen atoms in total. The Labute approximate surface area is 160 Å². The Morgan fingerprint density at radius 3 is 2.78 bits per heavy atom. The Kier molecular flexibility index (Phi) is 5.96. The Bertz CT molecular complexity index is 797. The van der Waals surface area contributed by atoms with Gasteiger partial charge in [-0.3, -0.25) is 14.4 Å². The molecule has 0 aliphatic heterocycles. The summed E-state index contributed by atoms with van der Waals surface area (Å²) in [6, 6.07) is 4.06. The van der Waals surface area contributed by atoms with E-state index in [9.17, 15) is 4.79 Å². The Balaban J connectivity index is 1.82. The van der Waals surface area contributed by atoms with Crippen LogP contribution in [0.25, 0.3) is 0 Å². The van der Waals surface area contributed by atoms with Crippen molar-refractivity contribution >= 4 is 5.91 Å². The van der Waals surface area contributed by atoms with Crippen LogP contribution in [-0.4, -0.2) is 51.7 Å². The zero-order chi connectivity index (χ0) is 19.4. The van der Waals surface area contributed by atoms with Gasteiger partial charge in [0.15, 0.2) is 5.69 Å². The van der Waals surface area contributed by atoms with Gasteiger partial charge in [-0.15, -0.1) is 13.2 Å². The van der Waals surface area contributed by atoms with Gasteiger partial charge in [-0.2, -0.15) is 5.10 Å². The standard InChI is InChI=1S/C21H28N4O2/c1-5-11-25(12-6-2)16-9-10-19-18(14-16)20(22-24(19)4)21(26)23(3)15-17-8-7-13-27-17/h5-8,13,16H,1-2,9-12,14-15H2,3-4H3. The van der Waals surface area contributed by atoms with Crippen molar-refractivity contribution in [1.82, 2.24) is 19.6 Å². The second-order valence-electron chi connectivity index (χ2n) is 7.07. The van der Waals surface area contributed by atoms with Crippen molar-refractivity contribution in [3.63, 3.8) is 0 Å². The van der Waals surface area contributed by atoms with Gasteiger partial charge in [0.2, 0.25) is 0 Å². The summed E-state index contributed by atoms with van der Waals surface area (Å²) in [7, 11) is 3.71.